The number of imidazole rings is 1. The van der Waals surface area contributed by atoms with Crippen LogP contribution in [-0.2, 0) is 4.74 Å². The number of ether oxygens (including phenoxy) is 1. The van der Waals surface area contributed by atoms with E-state index in [1.54, 1.807) is 19.4 Å². The maximum absolute atomic E-state index is 5.71. The van der Waals surface area contributed by atoms with Crippen LogP contribution in [0.5, 0.6) is 0 Å². The number of benzene rings is 1. The number of nitrogens with zero attached hydrogens (tertiary/aromatic N) is 4. The summed E-state index contributed by atoms with van der Waals surface area (Å²) in [6.45, 7) is 1.17. The molecule has 23 heavy (non-hydrogen) atoms. The predicted octanol–water partition coefficient (Wildman–Crippen LogP) is 1.44. The Bertz CT molecular complexity index is 880. The average Bonchev–Trinajstić information content (AvgIpc) is 2.92. The number of nitrogens with two attached hydrogens (primary N) is 1. The Balaban J connectivity index is 2.17. The molecule has 3 aromatic rings. The molecule has 3 N–H and O–H groups in total. The molecule has 0 amide bonds. The molecule has 2 aromatic heterocycles. The lowest BCUT2D eigenvalue weighted by Crippen LogP contribution is -2.12. The molecular formula is C16H16N6O. The highest BCUT2D eigenvalue weighted by atomic mass is 16.5. The van der Waals surface area contributed by atoms with Gasteiger partial charge in [-0.3, -0.25) is 4.57 Å². The van der Waals surface area contributed by atoms with Gasteiger partial charge in [-0.2, -0.15) is 4.98 Å². The van der Waals surface area contributed by atoms with Crippen LogP contribution in [0.2, 0.25) is 0 Å². The van der Waals surface area contributed by atoms with Gasteiger partial charge < -0.3 is 15.8 Å². The lowest BCUT2D eigenvalue weighted by molar-refractivity contribution is 0.210. The van der Waals surface area contributed by atoms with E-state index in [9.17, 15) is 0 Å². The van der Waals surface area contributed by atoms with Gasteiger partial charge in [-0.15, -0.1) is 6.42 Å². The third-order valence-corrected chi connectivity index (χ3v) is 3.30. The number of hydrogen-bond donors (Lipinski definition) is 2. The highest BCUT2D eigenvalue weighted by Crippen LogP contribution is 2.24. The lowest BCUT2D eigenvalue weighted by Gasteiger charge is -2.10. The van der Waals surface area contributed by atoms with Crippen molar-refractivity contribution in [1.82, 2.24) is 19.5 Å². The van der Waals surface area contributed by atoms with Gasteiger partial charge in [0.25, 0.3) is 0 Å². The van der Waals surface area contributed by atoms with Crippen molar-refractivity contribution >= 4 is 22.9 Å². The fraction of sp³-hybridized carbons (Fsp3) is 0.188. The van der Waals surface area contributed by atoms with Crippen molar-refractivity contribution in [2.24, 2.45) is 0 Å². The zero-order valence-electron chi connectivity index (χ0n) is 12.7. The van der Waals surface area contributed by atoms with E-state index in [0.717, 1.165) is 16.6 Å². The van der Waals surface area contributed by atoms with Crippen LogP contribution < -0.4 is 11.1 Å². The SMILES string of the molecule is C#Cc1ccc2nc(NCCOC)n(-c3ccnc(N)n3)c2c1. The van der Waals surface area contributed by atoms with Crippen molar-refractivity contribution in [2.45, 2.75) is 0 Å². The molecule has 0 saturated heterocycles. The summed E-state index contributed by atoms with van der Waals surface area (Å²) in [5, 5.41) is 3.23. The third-order valence-electron chi connectivity index (χ3n) is 3.30. The van der Waals surface area contributed by atoms with E-state index in [1.807, 2.05) is 22.8 Å². The fourth-order valence-electron chi connectivity index (χ4n) is 2.27. The van der Waals surface area contributed by atoms with E-state index in [4.69, 9.17) is 16.9 Å². The molecule has 0 atom stereocenters. The summed E-state index contributed by atoms with van der Waals surface area (Å²) in [6, 6.07) is 7.39. The molecule has 7 nitrogen and oxygen atoms in total. The second-order valence-corrected chi connectivity index (χ2v) is 4.81. The minimum atomic E-state index is 0.195. The topological polar surface area (TPSA) is 90.9 Å². The highest BCUT2D eigenvalue weighted by molar-refractivity contribution is 5.82. The number of nitrogens with one attached hydrogen (secondary N) is 1. The molecule has 0 aliphatic rings. The van der Waals surface area contributed by atoms with Crippen molar-refractivity contribution < 1.29 is 4.74 Å². The van der Waals surface area contributed by atoms with Crippen LogP contribution in [0.4, 0.5) is 11.9 Å². The first kappa shape index (κ1) is 14.8. The van der Waals surface area contributed by atoms with Crippen molar-refractivity contribution in [3.05, 3.63) is 36.0 Å². The summed E-state index contributed by atoms with van der Waals surface area (Å²) in [5.41, 5.74) is 8.13. The minimum Gasteiger partial charge on any atom is -0.383 e. The average molecular weight is 308 g/mol. The Hall–Kier alpha value is -3.11. The molecule has 1 aromatic carbocycles. The van der Waals surface area contributed by atoms with Gasteiger partial charge in [-0.05, 0) is 18.2 Å². The molecule has 0 saturated carbocycles. The first-order valence-electron chi connectivity index (χ1n) is 7.03. The van der Waals surface area contributed by atoms with Crippen LogP contribution in [-0.4, -0.2) is 39.8 Å². The first-order chi connectivity index (χ1) is 11.2. The van der Waals surface area contributed by atoms with Crippen LogP contribution in [0.15, 0.2) is 30.5 Å². The molecule has 0 fully saturated rings. The van der Waals surface area contributed by atoms with E-state index >= 15 is 0 Å². The maximum atomic E-state index is 5.71. The number of nitrogen functional groups attached to an aromatic ring is 1. The Kier molecular flexibility index (Phi) is 4.08. The largest absolute Gasteiger partial charge is 0.383 e. The smallest absolute Gasteiger partial charge is 0.221 e. The van der Waals surface area contributed by atoms with Crippen LogP contribution in [0.25, 0.3) is 16.9 Å². The zero-order chi connectivity index (χ0) is 16.2. The second kappa shape index (κ2) is 6.34. The maximum Gasteiger partial charge on any atom is 0.221 e. The number of rotatable bonds is 5. The van der Waals surface area contributed by atoms with E-state index in [2.05, 4.69) is 26.2 Å². The van der Waals surface area contributed by atoms with Gasteiger partial charge in [0.1, 0.15) is 5.82 Å². The minimum absolute atomic E-state index is 0.195. The number of fused-ring (bicyclic) bond motifs is 1. The standard InChI is InChI=1S/C16H16N6O/c1-3-11-4-5-12-13(10-11)22(14-6-7-18-15(17)21-14)16(20-12)19-8-9-23-2/h1,4-7,10H,8-9H2,2H3,(H,19,20)(H2,17,18,21). The Morgan fingerprint density at radius 3 is 2.96 bits per heavy atom. The molecule has 0 bridgehead atoms. The molecule has 0 spiro atoms. The zero-order valence-corrected chi connectivity index (χ0v) is 12.7. The Morgan fingerprint density at radius 1 is 1.35 bits per heavy atom. The van der Waals surface area contributed by atoms with Gasteiger partial charge in [0.05, 0.1) is 17.6 Å². The molecule has 2 heterocycles. The lowest BCUT2D eigenvalue weighted by atomic mass is 10.2. The summed E-state index contributed by atoms with van der Waals surface area (Å²) in [7, 11) is 1.65. The quantitative estimate of drug-likeness (QED) is 0.547. The predicted molar refractivity (Wildman–Crippen MR) is 89.4 cm³/mol. The van der Waals surface area contributed by atoms with Crippen molar-refractivity contribution in [1.29, 1.82) is 0 Å². The number of terminal acetylenes is 1. The third kappa shape index (κ3) is 2.93. The van der Waals surface area contributed by atoms with E-state index < -0.39 is 0 Å². The summed E-state index contributed by atoms with van der Waals surface area (Å²) in [6.07, 6.45) is 7.11. The van der Waals surface area contributed by atoms with Gasteiger partial charge in [-0.25, -0.2) is 9.97 Å². The normalized spacial score (nSPS) is 10.6. The number of anilines is 2. The van der Waals surface area contributed by atoms with Crippen LogP contribution in [0.1, 0.15) is 5.56 Å². The molecule has 7 heteroatoms. The van der Waals surface area contributed by atoms with E-state index in [0.29, 0.717) is 24.9 Å². The summed E-state index contributed by atoms with van der Waals surface area (Å²) in [4.78, 5) is 12.8. The van der Waals surface area contributed by atoms with Gasteiger partial charge in [0.2, 0.25) is 11.9 Å². The summed E-state index contributed by atoms with van der Waals surface area (Å²) < 4.78 is 6.93. The van der Waals surface area contributed by atoms with E-state index in [1.165, 1.54) is 0 Å². The molecule has 3 rings (SSSR count). The van der Waals surface area contributed by atoms with Crippen molar-refractivity contribution in [3.63, 3.8) is 0 Å². The number of methoxy groups -OCH3 is 1. The molecule has 0 unspecified atom stereocenters. The van der Waals surface area contributed by atoms with Crippen LogP contribution in [0, 0.1) is 12.3 Å². The summed E-state index contributed by atoms with van der Waals surface area (Å²) >= 11 is 0. The van der Waals surface area contributed by atoms with Gasteiger partial charge in [0.15, 0.2) is 0 Å². The van der Waals surface area contributed by atoms with Gasteiger partial charge >= 0.3 is 0 Å². The van der Waals surface area contributed by atoms with Crippen LogP contribution >= 0.6 is 0 Å². The van der Waals surface area contributed by atoms with Gasteiger partial charge in [0, 0.05) is 31.5 Å². The molecular weight excluding hydrogens is 292 g/mol. The molecule has 116 valence electrons. The molecule has 0 aliphatic heterocycles. The number of hydrogen-bond acceptors (Lipinski definition) is 6. The first-order valence-corrected chi connectivity index (χ1v) is 7.03. The number of aromatic nitrogens is 4. The summed E-state index contributed by atoms with van der Waals surface area (Å²) in [5.74, 6) is 4.09. The molecule has 0 aliphatic carbocycles. The van der Waals surface area contributed by atoms with Crippen LogP contribution in [0.3, 0.4) is 0 Å². The van der Waals surface area contributed by atoms with Gasteiger partial charge in [-0.1, -0.05) is 5.92 Å². The second-order valence-electron chi connectivity index (χ2n) is 4.81. The monoisotopic (exact) mass is 308 g/mol. The Labute approximate surface area is 133 Å². The Morgan fingerprint density at radius 2 is 2.22 bits per heavy atom. The van der Waals surface area contributed by atoms with Crippen molar-refractivity contribution in [2.75, 3.05) is 31.3 Å². The van der Waals surface area contributed by atoms with Crippen molar-refractivity contribution in [3.8, 4) is 18.2 Å². The highest BCUT2D eigenvalue weighted by Gasteiger charge is 2.14. The fourth-order valence-corrected chi connectivity index (χ4v) is 2.27. The van der Waals surface area contributed by atoms with E-state index in [-0.39, 0.29) is 5.95 Å². The molecule has 0 radical (unpaired) electrons.